The quantitative estimate of drug-likeness (QED) is 0.665. The SMILES string of the molecule is COCC(N)CCNc1cc(=O)[nH]c(C(C)C)n1. The number of methoxy groups -OCH3 is 1. The summed E-state index contributed by atoms with van der Waals surface area (Å²) in [6.45, 7) is 5.16. The van der Waals surface area contributed by atoms with Gasteiger partial charge in [0.1, 0.15) is 11.6 Å². The van der Waals surface area contributed by atoms with Gasteiger partial charge < -0.3 is 20.8 Å². The Morgan fingerprint density at radius 2 is 2.28 bits per heavy atom. The van der Waals surface area contributed by atoms with E-state index in [0.29, 0.717) is 24.8 Å². The van der Waals surface area contributed by atoms with Crippen LogP contribution in [0.1, 0.15) is 32.0 Å². The van der Waals surface area contributed by atoms with Crippen molar-refractivity contribution in [1.82, 2.24) is 9.97 Å². The van der Waals surface area contributed by atoms with Gasteiger partial charge in [-0.15, -0.1) is 0 Å². The Hall–Kier alpha value is -1.40. The molecular formula is C12H22N4O2. The maximum atomic E-state index is 11.4. The average Bonchev–Trinajstić information content (AvgIpc) is 2.28. The minimum Gasteiger partial charge on any atom is -0.383 e. The topological polar surface area (TPSA) is 93.0 Å². The van der Waals surface area contributed by atoms with Gasteiger partial charge in [0.2, 0.25) is 0 Å². The number of nitrogens with one attached hydrogen (secondary N) is 2. The summed E-state index contributed by atoms with van der Waals surface area (Å²) < 4.78 is 4.95. The molecule has 0 aliphatic carbocycles. The van der Waals surface area contributed by atoms with Gasteiger partial charge >= 0.3 is 0 Å². The highest BCUT2D eigenvalue weighted by Crippen LogP contribution is 2.08. The highest BCUT2D eigenvalue weighted by molar-refractivity contribution is 5.33. The van der Waals surface area contributed by atoms with Gasteiger partial charge in [-0.05, 0) is 6.42 Å². The van der Waals surface area contributed by atoms with Gasteiger partial charge in [-0.2, -0.15) is 0 Å². The third-order valence-electron chi connectivity index (χ3n) is 2.51. The monoisotopic (exact) mass is 254 g/mol. The number of H-pyrrole nitrogens is 1. The molecule has 0 aliphatic rings. The number of aromatic amines is 1. The lowest BCUT2D eigenvalue weighted by atomic mass is 10.2. The molecular weight excluding hydrogens is 232 g/mol. The van der Waals surface area contributed by atoms with Gasteiger partial charge in [-0.3, -0.25) is 4.79 Å². The molecule has 0 amide bonds. The van der Waals surface area contributed by atoms with Crippen molar-refractivity contribution >= 4 is 5.82 Å². The molecule has 6 heteroatoms. The van der Waals surface area contributed by atoms with E-state index >= 15 is 0 Å². The number of nitrogens with zero attached hydrogens (tertiary/aromatic N) is 1. The fourth-order valence-corrected chi connectivity index (χ4v) is 1.52. The molecule has 1 atom stereocenters. The number of hydrogen-bond acceptors (Lipinski definition) is 5. The standard InChI is InChI=1S/C12H22N4O2/c1-8(2)12-15-10(6-11(17)16-12)14-5-4-9(13)7-18-3/h6,8-9H,4-5,7,13H2,1-3H3,(H2,14,15,16,17). The smallest absolute Gasteiger partial charge is 0.252 e. The van der Waals surface area contributed by atoms with Crippen LogP contribution < -0.4 is 16.6 Å². The minimum atomic E-state index is -0.141. The van der Waals surface area contributed by atoms with Crippen LogP contribution in [0.15, 0.2) is 10.9 Å². The number of rotatable bonds is 7. The Morgan fingerprint density at radius 3 is 2.89 bits per heavy atom. The molecule has 0 aliphatic heterocycles. The first kappa shape index (κ1) is 14.7. The van der Waals surface area contributed by atoms with Crippen LogP contribution in [0.25, 0.3) is 0 Å². The Balaban J connectivity index is 2.54. The van der Waals surface area contributed by atoms with Gasteiger partial charge in [-0.1, -0.05) is 13.8 Å². The third-order valence-corrected chi connectivity index (χ3v) is 2.51. The third kappa shape index (κ3) is 4.85. The van der Waals surface area contributed by atoms with Crippen molar-refractivity contribution in [1.29, 1.82) is 0 Å². The Bertz CT molecular complexity index is 417. The van der Waals surface area contributed by atoms with Gasteiger partial charge in [0, 0.05) is 31.7 Å². The zero-order valence-electron chi connectivity index (χ0n) is 11.2. The number of nitrogens with two attached hydrogens (primary N) is 1. The van der Waals surface area contributed by atoms with Crippen molar-refractivity contribution in [2.24, 2.45) is 5.73 Å². The van der Waals surface area contributed by atoms with E-state index in [0.717, 1.165) is 6.42 Å². The van der Waals surface area contributed by atoms with Crippen LogP contribution in [-0.2, 0) is 4.74 Å². The maximum Gasteiger partial charge on any atom is 0.252 e. The summed E-state index contributed by atoms with van der Waals surface area (Å²) in [5.41, 5.74) is 5.66. The highest BCUT2D eigenvalue weighted by Gasteiger charge is 2.06. The van der Waals surface area contributed by atoms with E-state index < -0.39 is 0 Å². The minimum absolute atomic E-state index is 0.00549. The molecule has 0 saturated heterocycles. The van der Waals surface area contributed by atoms with Crippen molar-refractivity contribution < 1.29 is 4.74 Å². The second-order valence-electron chi connectivity index (χ2n) is 4.60. The van der Waals surface area contributed by atoms with E-state index in [1.807, 2.05) is 13.8 Å². The first-order valence-electron chi connectivity index (χ1n) is 6.12. The average molecular weight is 254 g/mol. The van der Waals surface area contributed by atoms with E-state index in [-0.39, 0.29) is 17.5 Å². The summed E-state index contributed by atoms with van der Waals surface area (Å²) in [6.07, 6.45) is 0.763. The van der Waals surface area contributed by atoms with E-state index in [9.17, 15) is 4.79 Å². The first-order valence-corrected chi connectivity index (χ1v) is 6.12. The highest BCUT2D eigenvalue weighted by atomic mass is 16.5. The van der Waals surface area contributed by atoms with Crippen LogP contribution in [-0.4, -0.2) is 36.3 Å². The molecule has 1 rings (SSSR count). The van der Waals surface area contributed by atoms with Crippen molar-refractivity contribution in [2.45, 2.75) is 32.2 Å². The van der Waals surface area contributed by atoms with Crippen LogP contribution in [0.3, 0.4) is 0 Å². The zero-order chi connectivity index (χ0) is 13.5. The number of hydrogen-bond donors (Lipinski definition) is 3. The Labute approximate surface area is 107 Å². The van der Waals surface area contributed by atoms with Gasteiger partial charge in [0.25, 0.3) is 5.56 Å². The van der Waals surface area contributed by atoms with Crippen LogP contribution in [0.5, 0.6) is 0 Å². The second kappa shape index (κ2) is 7.13. The van der Waals surface area contributed by atoms with Crippen molar-refractivity contribution in [3.8, 4) is 0 Å². The molecule has 0 bridgehead atoms. The predicted molar refractivity (Wildman–Crippen MR) is 71.9 cm³/mol. The number of ether oxygens (including phenoxy) is 1. The van der Waals surface area contributed by atoms with Crippen LogP contribution in [0.2, 0.25) is 0 Å². The molecule has 1 heterocycles. The first-order chi connectivity index (χ1) is 8.52. The van der Waals surface area contributed by atoms with Crippen LogP contribution in [0, 0.1) is 0 Å². The molecule has 1 unspecified atom stereocenters. The maximum absolute atomic E-state index is 11.4. The van der Waals surface area contributed by atoms with Gasteiger partial charge in [0.05, 0.1) is 6.61 Å². The largest absolute Gasteiger partial charge is 0.383 e. The fraction of sp³-hybridized carbons (Fsp3) is 0.667. The fourth-order valence-electron chi connectivity index (χ4n) is 1.52. The molecule has 18 heavy (non-hydrogen) atoms. The molecule has 0 fully saturated rings. The van der Waals surface area contributed by atoms with E-state index in [1.54, 1.807) is 7.11 Å². The molecule has 4 N–H and O–H groups in total. The van der Waals surface area contributed by atoms with Crippen molar-refractivity contribution in [2.75, 3.05) is 25.6 Å². The van der Waals surface area contributed by atoms with Crippen molar-refractivity contribution in [3.05, 3.63) is 22.2 Å². The number of aromatic nitrogens is 2. The van der Waals surface area contributed by atoms with Crippen LogP contribution in [0.4, 0.5) is 5.82 Å². The Morgan fingerprint density at radius 1 is 1.56 bits per heavy atom. The summed E-state index contributed by atoms with van der Waals surface area (Å²) >= 11 is 0. The lowest BCUT2D eigenvalue weighted by Crippen LogP contribution is -2.28. The molecule has 6 nitrogen and oxygen atoms in total. The Kier molecular flexibility index (Phi) is 5.80. The lowest BCUT2D eigenvalue weighted by molar-refractivity contribution is 0.178. The number of anilines is 1. The summed E-state index contributed by atoms with van der Waals surface area (Å²) in [7, 11) is 1.63. The second-order valence-corrected chi connectivity index (χ2v) is 4.60. The molecule has 1 aromatic heterocycles. The molecule has 0 aromatic carbocycles. The van der Waals surface area contributed by atoms with E-state index in [1.165, 1.54) is 6.07 Å². The van der Waals surface area contributed by atoms with E-state index in [4.69, 9.17) is 10.5 Å². The molecule has 0 radical (unpaired) electrons. The summed E-state index contributed by atoms with van der Waals surface area (Å²) in [6, 6.07) is 1.45. The van der Waals surface area contributed by atoms with Crippen molar-refractivity contribution in [3.63, 3.8) is 0 Å². The molecule has 102 valence electrons. The molecule has 1 aromatic rings. The zero-order valence-corrected chi connectivity index (χ0v) is 11.2. The van der Waals surface area contributed by atoms with E-state index in [2.05, 4.69) is 15.3 Å². The van der Waals surface area contributed by atoms with Gasteiger partial charge in [-0.25, -0.2) is 4.98 Å². The van der Waals surface area contributed by atoms with Crippen LogP contribution >= 0.6 is 0 Å². The molecule has 0 saturated carbocycles. The van der Waals surface area contributed by atoms with Gasteiger partial charge in [0.15, 0.2) is 0 Å². The summed E-state index contributed by atoms with van der Waals surface area (Å²) in [5, 5.41) is 3.10. The summed E-state index contributed by atoms with van der Waals surface area (Å²) in [4.78, 5) is 18.5. The predicted octanol–water partition coefficient (Wildman–Crippen LogP) is 0.669. The lowest BCUT2D eigenvalue weighted by Gasteiger charge is -2.12. The normalized spacial score (nSPS) is 12.7. The molecule has 0 spiro atoms. The summed E-state index contributed by atoms with van der Waals surface area (Å²) in [5.74, 6) is 1.47.